The first kappa shape index (κ1) is 12.9. The molecule has 4 rings (SSSR count). The van der Waals surface area contributed by atoms with Crippen LogP contribution in [0.2, 0.25) is 0 Å². The number of rotatable bonds is 2. The summed E-state index contributed by atoms with van der Waals surface area (Å²) >= 11 is 3.65. The number of halogens is 1. The summed E-state index contributed by atoms with van der Waals surface area (Å²) in [5.41, 5.74) is 0.907. The molecule has 6 heteroatoms. The summed E-state index contributed by atoms with van der Waals surface area (Å²) < 4.78 is 14.1. The van der Waals surface area contributed by atoms with Crippen LogP contribution in [0.25, 0.3) is 10.2 Å². The lowest BCUT2D eigenvalue weighted by molar-refractivity contribution is 0.183. The number of hydrogen-bond donors (Lipinski definition) is 0. The molecule has 2 aliphatic rings. The molecule has 0 bridgehead atoms. The van der Waals surface area contributed by atoms with E-state index in [4.69, 9.17) is 0 Å². The van der Waals surface area contributed by atoms with Gasteiger partial charge in [-0.25, -0.2) is 9.37 Å². The summed E-state index contributed by atoms with van der Waals surface area (Å²) in [5.74, 6) is 2.34. The highest BCUT2D eigenvalue weighted by Gasteiger charge is 2.33. The van der Waals surface area contributed by atoms with Crippen LogP contribution >= 0.6 is 23.1 Å². The summed E-state index contributed by atoms with van der Waals surface area (Å²) in [5, 5.41) is 1.04. The second kappa shape index (κ2) is 5.16. The molecular weight excluding hydrogens is 293 g/mol. The molecule has 20 heavy (non-hydrogen) atoms. The van der Waals surface area contributed by atoms with Crippen LogP contribution in [0.3, 0.4) is 0 Å². The Bertz CT molecular complexity index is 618. The Morgan fingerprint density at radius 3 is 2.80 bits per heavy atom. The Balaban J connectivity index is 1.46. The Labute approximate surface area is 125 Å². The van der Waals surface area contributed by atoms with E-state index in [0.29, 0.717) is 6.04 Å². The van der Waals surface area contributed by atoms with Crippen molar-refractivity contribution in [2.75, 3.05) is 42.6 Å². The lowest BCUT2D eigenvalue weighted by atomic mass is 10.1. The maximum atomic E-state index is 13.2. The first-order chi connectivity index (χ1) is 9.79. The first-order valence-corrected chi connectivity index (χ1v) is 8.89. The van der Waals surface area contributed by atoms with E-state index in [0.717, 1.165) is 28.4 Å². The number of anilines is 1. The quantitative estimate of drug-likeness (QED) is 0.849. The van der Waals surface area contributed by atoms with Crippen molar-refractivity contribution in [1.82, 2.24) is 9.88 Å². The van der Waals surface area contributed by atoms with Gasteiger partial charge in [0.05, 0.1) is 10.2 Å². The average Bonchev–Trinajstić information content (AvgIpc) is 2.80. The number of fused-ring (bicyclic) bond motifs is 1. The molecule has 106 valence electrons. The standard InChI is InChI=1S/C14H16FN3S2/c15-10-1-2-12-13(7-10)20-14(16-12)18-8-11(9-18)17-3-5-19-6-4-17/h1-2,7,11H,3-6,8-9H2. The van der Waals surface area contributed by atoms with Gasteiger partial charge in [0.25, 0.3) is 0 Å². The molecule has 2 aromatic rings. The summed E-state index contributed by atoms with van der Waals surface area (Å²) in [4.78, 5) is 9.52. The Hall–Kier alpha value is -0.850. The van der Waals surface area contributed by atoms with Crippen molar-refractivity contribution < 1.29 is 4.39 Å². The molecule has 0 N–H and O–H groups in total. The fourth-order valence-electron chi connectivity index (χ4n) is 2.81. The normalized spacial score (nSPS) is 21.4. The van der Waals surface area contributed by atoms with Crippen LogP contribution in [-0.4, -0.2) is 53.6 Å². The van der Waals surface area contributed by atoms with Crippen molar-refractivity contribution in [2.24, 2.45) is 0 Å². The van der Waals surface area contributed by atoms with E-state index in [9.17, 15) is 4.39 Å². The molecular formula is C14H16FN3S2. The molecule has 0 spiro atoms. The zero-order valence-electron chi connectivity index (χ0n) is 11.1. The second-order valence-electron chi connectivity index (χ2n) is 5.32. The zero-order chi connectivity index (χ0) is 13.5. The van der Waals surface area contributed by atoms with Gasteiger partial charge < -0.3 is 4.90 Å². The lowest BCUT2D eigenvalue weighted by Gasteiger charge is -2.46. The third-order valence-electron chi connectivity index (χ3n) is 4.03. The summed E-state index contributed by atoms with van der Waals surface area (Å²) in [6, 6.07) is 5.51. The summed E-state index contributed by atoms with van der Waals surface area (Å²) in [6.45, 7) is 4.56. The summed E-state index contributed by atoms with van der Waals surface area (Å²) in [6.07, 6.45) is 0. The molecule has 0 saturated carbocycles. The van der Waals surface area contributed by atoms with Crippen LogP contribution in [0.5, 0.6) is 0 Å². The first-order valence-electron chi connectivity index (χ1n) is 6.92. The average molecular weight is 309 g/mol. The van der Waals surface area contributed by atoms with Crippen molar-refractivity contribution in [2.45, 2.75) is 6.04 Å². The predicted octanol–water partition coefficient (Wildman–Crippen LogP) is 2.67. The van der Waals surface area contributed by atoms with E-state index in [1.165, 1.54) is 30.7 Å². The third-order valence-corrected chi connectivity index (χ3v) is 6.06. The Kier molecular flexibility index (Phi) is 3.32. The van der Waals surface area contributed by atoms with Gasteiger partial charge in [-0.15, -0.1) is 0 Å². The van der Waals surface area contributed by atoms with Crippen LogP contribution in [0.1, 0.15) is 0 Å². The molecule has 1 aromatic heterocycles. The van der Waals surface area contributed by atoms with Gasteiger partial charge in [0.1, 0.15) is 5.82 Å². The largest absolute Gasteiger partial charge is 0.345 e. The Morgan fingerprint density at radius 2 is 2.00 bits per heavy atom. The molecule has 0 amide bonds. The monoisotopic (exact) mass is 309 g/mol. The maximum Gasteiger partial charge on any atom is 0.186 e. The molecule has 0 unspecified atom stereocenters. The number of aromatic nitrogens is 1. The van der Waals surface area contributed by atoms with Gasteiger partial charge in [0, 0.05) is 43.7 Å². The van der Waals surface area contributed by atoms with Crippen molar-refractivity contribution in [3.05, 3.63) is 24.0 Å². The van der Waals surface area contributed by atoms with E-state index < -0.39 is 0 Å². The minimum absolute atomic E-state index is 0.181. The minimum atomic E-state index is -0.181. The molecule has 1 aromatic carbocycles. The number of hydrogen-bond acceptors (Lipinski definition) is 5. The molecule has 0 radical (unpaired) electrons. The number of thiazole rings is 1. The van der Waals surface area contributed by atoms with E-state index in [2.05, 4.69) is 26.5 Å². The van der Waals surface area contributed by atoms with Crippen LogP contribution < -0.4 is 4.90 Å². The SMILES string of the molecule is Fc1ccc2nc(N3CC(N4CCSCC4)C3)sc2c1. The van der Waals surface area contributed by atoms with Crippen molar-refractivity contribution in [1.29, 1.82) is 0 Å². The van der Waals surface area contributed by atoms with Crippen LogP contribution in [-0.2, 0) is 0 Å². The highest BCUT2D eigenvalue weighted by atomic mass is 32.2. The predicted molar refractivity (Wildman–Crippen MR) is 84.5 cm³/mol. The van der Waals surface area contributed by atoms with Gasteiger partial charge in [-0.1, -0.05) is 11.3 Å². The van der Waals surface area contributed by atoms with Gasteiger partial charge in [-0.2, -0.15) is 11.8 Å². The highest BCUT2D eigenvalue weighted by molar-refractivity contribution is 7.99. The number of thioether (sulfide) groups is 1. The third kappa shape index (κ3) is 2.29. The van der Waals surface area contributed by atoms with Crippen LogP contribution in [0.4, 0.5) is 9.52 Å². The molecule has 2 fully saturated rings. The van der Waals surface area contributed by atoms with E-state index >= 15 is 0 Å². The van der Waals surface area contributed by atoms with Gasteiger partial charge in [0.2, 0.25) is 0 Å². The van der Waals surface area contributed by atoms with E-state index in [1.807, 2.05) is 0 Å². The molecule has 3 nitrogen and oxygen atoms in total. The highest BCUT2D eigenvalue weighted by Crippen LogP contribution is 2.33. The van der Waals surface area contributed by atoms with Gasteiger partial charge in [-0.05, 0) is 18.2 Å². The molecule has 0 aliphatic carbocycles. The zero-order valence-corrected chi connectivity index (χ0v) is 12.7. The molecule has 2 aliphatic heterocycles. The van der Waals surface area contributed by atoms with Crippen LogP contribution in [0.15, 0.2) is 18.2 Å². The topological polar surface area (TPSA) is 19.4 Å². The fraction of sp³-hybridized carbons (Fsp3) is 0.500. The van der Waals surface area contributed by atoms with E-state index in [1.54, 1.807) is 23.5 Å². The van der Waals surface area contributed by atoms with Crippen molar-refractivity contribution in [3.63, 3.8) is 0 Å². The number of benzene rings is 1. The lowest BCUT2D eigenvalue weighted by Crippen LogP contribution is -2.61. The fourth-order valence-corrected chi connectivity index (χ4v) is 4.75. The second-order valence-corrected chi connectivity index (χ2v) is 7.55. The van der Waals surface area contributed by atoms with Gasteiger partial charge >= 0.3 is 0 Å². The van der Waals surface area contributed by atoms with E-state index in [-0.39, 0.29) is 5.82 Å². The smallest absolute Gasteiger partial charge is 0.186 e. The van der Waals surface area contributed by atoms with Crippen LogP contribution in [0, 0.1) is 5.82 Å². The Morgan fingerprint density at radius 1 is 1.20 bits per heavy atom. The van der Waals surface area contributed by atoms with Gasteiger partial charge in [-0.3, -0.25) is 4.90 Å². The maximum absolute atomic E-state index is 13.2. The van der Waals surface area contributed by atoms with Crippen molar-refractivity contribution in [3.8, 4) is 0 Å². The molecule has 3 heterocycles. The number of nitrogens with zero attached hydrogens (tertiary/aromatic N) is 3. The van der Waals surface area contributed by atoms with Crippen molar-refractivity contribution >= 4 is 38.4 Å². The minimum Gasteiger partial charge on any atom is -0.345 e. The van der Waals surface area contributed by atoms with Gasteiger partial charge in [0.15, 0.2) is 5.13 Å². The summed E-state index contributed by atoms with van der Waals surface area (Å²) in [7, 11) is 0. The molecule has 2 saturated heterocycles. The molecule has 0 atom stereocenters.